The minimum Gasteiger partial charge on any atom is -0.359 e. The average Bonchev–Trinajstić information content (AvgIpc) is 3.12. The third kappa shape index (κ3) is 3.48. The Labute approximate surface area is 160 Å². The van der Waals surface area contributed by atoms with E-state index in [1.165, 1.54) is 4.57 Å². The third-order valence-electron chi connectivity index (χ3n) is 4.00. The van der Waals surface area contributed by atoms with Crippen molar-refractivity contribution in [3.05, 3.63) is 75.6 Å². The standard InChI is InChI=1S/C18H10ClF3N4O2/c19-11-3-1-10(2-4-11)14-7-12(28-25-14)8-26-9-23-16-13(17(26)27)5-6-15(24-16)18(20,21)22/h1-7,9H,8H2. The molecule has 0 saturated heterocycles. The number of rotatable bonds is 3. The first-order valence-corrected chi connectivity index (χ1v) is 8.34. The van der Waals surface area contributed by atoms with Gasteiger partial charge in [-0.2, -0.15) is 13.2 Å². The number of halogens is 4. The zero-order valence-corrected chi connectivity index (χ0v) is 14.7. The highest BCUT2D eigenvalue weighted by Crippen LogP contribution is 2.28. The summed E-state index contributed by atoms with van der Waals surface area (Å²) in [5.74, 6) is 0.382. The molecule has 0 bridgehead atoms. The van der Waals surface area contributed by atoms with Gasteiger partial charge in [-0.3, -0.25) is 9.36 Å². The van der Waals surface area contributed by atoms with Gasteiger partial charge in [0.05, 0.1) is 11.9 Å². The summed E-state index contributed by atoms with van der Waals surface area (Å²) in [7, 11) is 0. The molecular formula is C18H10ClF3N4O2. The van der Waals surface area contributed by atoms with Crippen molar-refractivity contribution in [1.29, 1.82) is 0 Å². The zero-order valence-electron chi connectivity index (χ0n) is 13.9. The highest BCUT2D eigenvalue weighted by Gasteiger charge is 2.32. The van der Waals surface area contributed by atoms with Crippen LogP contribution in [0.2, 0.25) is 5.02 Å². The van der Waals surface area contributed by atoms with Crippen LogP contribution < -0.4 is 5.56 Å². The lowest BCUT2D eigenvalue weighted by molar-refractivity contribution is -0.141. The van der Waals surface area contributed by atoms with Crippen molar-refractivity contribution in [3.8, 4) is 11.3 Å². The fraction of sp³-hybridized carbons (Fsp3) is 0.111. The Bertz CT molecular complexity index is 1220. The molecule has 0 atom stereocenters. The van der Waals surface area contributed by atoms with E-state index in [0.29, 0.717) is 16.5 Å². The minimum absolute atomic E-state index is 0.0172. The molecule has 0 spiro atoms. The van der Waals surface area contributed by atoms with E-state index in [1.54, 1.807) is 30.3 Å². The SMILES string of the molecule is O=c1c2ccc(C(F)(F)F)nc2ncn1Cc1cc(-c2ccc(Cl)cc2)no1. The summed E-state index contributed by atoms with van der Waals surface area (Å²) in [6.07, 6.45) is -3.48. The molecule has 4 rings (SSSR count). The lowest BCUT2D eigenvalue weighted by atomic mass is 10.1. The van der Waals surface area contributed by atoms with Crippen LogP contribution in [0.25, 0.3) is 22.3 Å². The fourth-order valence-corrected chi connectivity index (χ4v) is 2.75. The molecule has 0 N–H and O–H groups in total. The number of hydrogen-bond acceptors (Lipinski definition) is 5. The van der Waals surface area contributed by atoms with Crippen LogP contribution in [0.1, 0.15) is 11.5 Å². The van der Waals surface area contributed by atoms with Crippen molar-refractivity contribution in [2.75, 3.05) is 0 Å². The second-order valence-corrected chi connectivity index (χ2v) is 6.36. The van der Waals surface area contributed by atoms with Gasteiger partial charge in [0.2, 0.25) is 0 Å². The van der Waals surface area contributed by atoms with Crippen LogP contribution in [0.3, 0.4) is 0 Å². The molecule has 0 fully saturated rings. The smallest absolute Gasteiger partial charge is 0.359 e. The van der Waals surface area contributed by atoms with Gasteiger partial charge in [0.25, 0.3) is 5.56 Å². The zero-order chi connectivity index (χ0) is 19.9. The van der Waals surface area contributed by atoms with Crippen LogP contribution in [0.5, 0.6) is 0 Å². The van der Waals surface area contributed by atoms with Gasteiger partial charge in [-0.05, 0) is 24.3 Å². The molecule has 0 aliphatic heterocycles. The van der Waals surface area contributed by atoms with Crippen LogP contribution in [0, 0.1) is 0 Å². The lowest BCUT2D eigenvalue weighted by Gasteiger charge is -2.07. The van der Waals surface area contributed by atoms with Crippen molar-refractivity contribution >= 4 is 22.6 Å². The number of benzene rings is 1. The van der Waals surface area contributed by atoms with Crippen molar-refractivity contribution in [1.82, 2.24) is 19.7 Å². The summed E-state index contributed by atoms with van der Waals surface area (Å²) in [6, 6.07) is 10.5. The first-order valence-electron chi connectivity index (χ1n) is 7.96. The van der Waals surface area contributed by atoms with Crippen LogP contribution in [0.15, 0.2) is 58.1 Å². The van der Waals surface area contributed by atoms with Gasteiger partial charge < -0.3 is 4.52 Å². The van der Waals surface area contributed by atoms with E-state index in [1.807, 2.05) is 0 Å². The molecule has 0 aliphatic carbocycles. The van der Waals surface area contributed by atoms with E-state index in [0.717, 1.165) is 24.0 Å². The van der Waals surface area contributed by atoms with Crippen LogP contribution in [0.4, 0.5) is 13.2 Å². The number of nitrogens with zero attached hydrogens (tertiary/aromatic N) is 4. The second-order valence-electron chi connectivity index (χ2n) is 5.93. The first-order chi connectivity index (χ1) is 13.3. The Morgan fingerprint density at radius 1 is 1.11 bits per heavy atom. The number of pyridine rings is 1. The quantitative estimate of drug-likeness (QED) is 0.510. The van der Waals surface area contributed by atoms with Crippen molar-refractivity contribution in [2.45, 2.75) is 12.7 Å². The van der Waals surface area contributed by atoms with Gasteiger partial charge >= 0.3 is 6.18 Å². The molecule has 4 aromatic rings. The summed E-state index contributed by atoms with van der Waals surface area (Å²) in [6.45, 7) is 0.0172. The summed E-state index contributed by atoms with van der Waals surface area (Å²) < 4.78 is 44.7. The Balaban J connectivity index is 1.64. The molecule has 142 valence electrons. The number of aromatic nitrogens is 4. The van der Waals surface area contributed by atoms with Crippen LogP contribution >= 0.6 is 11.6 Å². The predicted molar refractivity (Wildman–Crippen MR) is 94.9 cm³/mol. The van der Waals surface area contributed by atoms with Crippen molar-refractivity contribution < 1.29 is 17.7 Å². The van der Waals surface area contributed by atoms with Gasteiger partial charge in [0, 0.05) is 16.7 Å². The maximum Gasteiger partial charge on any atom is 0.433 e. The normalized spacial score (nSPS) is 11.9. The molecular weight excluding hydrogens is 397 g/mol. The highest BCUT2D eigenvalue weighted by atomic mass is 35.5. The monoisotopic (exact) mass is 406 g/mol. The predicted octanol–water partition coefficient (Wildman–Crippen LogP) is 4.17. The molecule has 1 aromatic carbocycles. The van der Waals surface area contributed by atoms with Gasteiger partial charge in [-0.25, -0.2) is 9.97 Å². The molecule has 0 amide bonds. The highest BCUT2D eigenvalue weighted by molar-refractivity contribution is 6.30. The van der Waals surface area contributed by atoms with Gasteiger partial charge in [-0.1, -0.05) is 28.9 Å². The first kappa shape index (κ1) is 18.2. The molecule has 0 unspecified atom stereocenters. The van der Waals surface area contributed by atoms with Crippen LogP contribution in [-0.2, 0) is 12.7 Å². The summed E-state index contributed by atoms with van der Waals surface area (Å²) in [5, 5.41) is 4.52. The second kappa shape index (κ2) is 6.75. The molecule has 6 nitrogen and oxygen atoms in total. The van der Waals surface area contributed by atoms with Crippen LogP contribution in [-0.4, -0.2) is 19.7 Å². The molecule has 0 aliphatic rings. The molecule has 0 saturated carbocycles. The number of fused-ring (bicyclic) bond motifs is 1. The average molecular weight is 407 g/mol. The lowest BCUT2D eigenvalue weighted by Crippen LogP contribution is -2.22. The fourth-order valence-electron chi connectivity index (χ4n) is 2.63. The largest absolute Gasteiger partial charge is 0.433 e. The molecule has 0 radical (unpaired) electrons. The summed E-state index contributed by atoms with van der Waals surface area (Å²) in [4.78, 5) is 19.8. The molecule has 3 heterocycles. The molecule has 28 heavy (non-hydrogen) atoms. The maximum absolute atomic E-state index is 12.7. The maximum atomic E-state index is 12.7. The van der Waals surface area contributed by atoms with E-state index in [-0.39, 0.29) is 17.6 Å². The topological polar surface area (TPSA) is 73.8 Å². The molecule has 3 aromatic heterocycles. The Hall–Kier alpha value is -3.20. The van der Waals surface area contributed by atoms with Crippen molar-refractivity contribution in [2.24, 2.45) is 0 Å². The third-order valence-corrected chi connectivity index (χ3v) is 4.25. The van der Waals surface area contributed by atoms with E-state index >= 15 is 0 Å². The van der Waals surface area contributed by atoms with E-state index in [4.69, 9.17) is 16.1 Å². The van der Waals surface area contributed by atoms with E-state index in [9.17, 15) is 18.0 Å². The van der Waals surface area contributed by atoms with E-state index < -0.39 is 17.4 Å². The van der Waals surface area contributed by atoms with Gasteiger partial charge in [0.1, 0.15) is 17.7 Å². The molecule has 10 heteroatoms. The van der Waals surface area contributed by atoms with Gasteiger partial charge in [-0.15, -0.1) is 0 Å². The Morgan fingerprint density at radius 2 is 1.86 bits per heavy atom. The van der Waals surface area contributed by atoms with E-state index in [2.05, 4.69) is 15.1 Å². The van der Waals surface area contributed by atoms with Gasteiger partial charge in [0.15, 0.2) is 11.4 Å². The summed E-state index contributed by atoms with van der Waals surface area (Å²) in [5.41, 5.74) is -0.559. The number of alkyl halides is 3. The Kier molecular flexibility index (Phi) is 4.38. The number of hydrogen-bond donors (Lipinski definition) is 0. The van der Waals surface area contributed by atoms with Crippen molar-refractivity contribution in [3.63, 3.8) is 0 Å². The summed E-state index contributed by atoms with van der Waals surface area (Å²) >= 11 is 5.86. The minimum atomic E-state index is -4.61. The Morgan fingerprint density at radius 3 is 2.57 bits per heavy atom.